The zero-order valence-electron chi connectivity index (χ0n) is 16.5. The summed E-state index contributed by atoms with van der Waals surface area (Å²) < 4.78 is 9.18. The van der Waals surface area contributed by atoms with Crippen molar-refractivity contribution in [3.63, 3.8) is 0 Å². The first-order chi connectivity index (χ1) is 14.5. The molecule has 0 saturated carbocycles. The molecule has 4 rings (SSSR count). The van der Waals surface area contributed by atoms with Gasteiger partial charge in [-0.2, -0.15) is 5.10 Å². The highest BCUT2D eigenvalue weighted by atomic mass is 35.5. The molecule has 0 unspecified atom stereocenters. The maximum absolute atomic E-state index is 12.6. The molecule has 30 heavy (non-hydrogen) atoms. The molecule has 4 aromatic rings. The number of hydrogen-bond donors (Lipinski definition) is 1. The number of carbonyl (C=O) groups excluding carboxylic acids is 1. The summed E-state index contributed by atoms with van der Waals surface area (Å²) in [4.78, 5) is 12.6. The smallest absolute Gasteiger partial charge is 0.259 e. The number of aryl methyl sites for hydroxylation is 2. The van der Waals surface area contributed by atoms with Crippen molar-refractivity contribution < 1.29 is 9.53 Å². The van der Waals surface area contributed by atoms with Gasteiger partial charge in [-0.25, -0.2) is 4.68 Å². The van der Waals surface area contributed by atoms with E-state index in [4.69, 9.17) is 16.3 Å². The fourth-order valence-electron chi connectivity index (χ4n) is 3.05. The van der Waals surface area contributed by atoms with E-state index in [0.717, 1.165) is 11.3 Å². The number of halogens is 1. The minimum atomic E-state index is -0.208. The summed E-state index contributed by atoms with van der Waals surface area (Å²) in [6, 6.07) is 16.7. The SMILES string of the molecule is Cc1nn(C)cc1C(=O)Nc1ccccc1COc1ccn(-c2ccc(Cl)cc2)n1. The summed E-state index contributed by atoms with van der Waals surface area (Å²) in [6.07, 6.45) is 3.52. The summed E-state index contributed by atoms with van der Waals surface area (Å²) in [5.74, 6) is 0.272. The number of hydrogen-bond acceptors (Lipinski definition) is 4. The zero-order valence-corrected chi connectivity index (χ0v) is 17.3. The fourth-order valence-corrected chi connectivity index (χ4v) is 3.18. The van der Waals surface area contributed by atoms with Crippen molar-refractivity contribution in [2.75, 3.05) is 5.32 Å². The van der Waals surface area contributed by atoms with Gasteiger partial charge in [0.15, 0.2) is 0 Å². The second-order valence-electron chi connectivity index (χ2n) is 6.78. The van der Waals surface area contributed by atoms with Gasteiger partial charge >= 0.3 is 0 Å². The van der Waals surface area contributed by atoms with Crippen molar-refractivity contribution >= 4 is 23.2 Å². The first-order valence-electron chi connectivity index (χ1n) is 9.33. The monoisotopic (exact) mass is 421 g/mol. The number of anilines is 1. The van der Waals surface area contributed by atoms with Gasteiger partial charge in [0.05, 0.1) is 16.9 Å². The number of carbonyl (C=O) groups is 1. The number of ether oxygens (including phenoxy) is 1. The van der Waals surface area contributed by atoms with Crippen LogP contribution in [0.1, 0.15) is 21.6 Å². The van der Waals surface area contributed by atoms with E-state index < -0.39 is 0 Å². The van der Waals surface area contributed by atoms with Crippen molar-refractivity contribution in [1.82, 2.24) is 19.6 Å². The Morgan fingerprint density at radius 2 is 1.87 bits per heavy atom. The third kappa shape index (κ3) is 4.36. The summed E-state index contributed by atoms with van der Waals surface area (Å²) in [6.45, 7) is 2.07. The van der Waals surface area contributed by atoms with Crippen molar-refractivity contribution in [3.8, 4) is 11.6 Å². The quantitative estimate of drug-likeness (QED) is 0.500. The van der Waals surface area contributed by atoms with E-state index in [0.29, 0.717) is 27.8 Å². The topological polar surface area (TPSA) is 74.0 Å². The average Bonchev–Trinajstić information content (AvgIpc) is 3.34. The normalized spacial score (nSPS) is 10.8. The maximum atomic E-state index is 12.6. The molecule has 0 atom stereocenters. The van der Waals surface area contributed by atoms with Crippen LogP contribution < -0.4 is 10.1 Å². The molecule has 0 fully saturated rings. The minimum Gasteiger partial charge on any atom is -0.472 e. The largest absolute Gasteiger partial charge is 0.472 e. The third-order valence-corrected chi connectivity index (χ3v) is 4.81. The van der Waals surface area contributed by atoms with Gasteiger partial charge < -0.3 is 10.1 Å². The number of nitrogens with one attached hydrogen (secondary N) is 1. The van der Waals surface area contributed by atoms with Crippen molar-refractivity contribution in [1.29, 1.82) is 0 Å². The second-order valence-corrected chi connectivity index (χ2v) is 7.21. The molecule has 2 aromatic heterocycles. The fraction of sp³-hybridized carbons (Fsp3) is 0.136. The summed E-state index contributed by atoms with van der Waals surface area (Å²) in [5.41, 5.74) is 3.62. The number of benzene rings is 2. The van der Waals surface area contributed by atoms with Gasteiger partial charge in [-0.3, -0.25) is 9.48 Å². The van der Waals surface area contributed by atoms with Crippen LogP contribution in [0.4, 0.5) is 5.69 Å². The standard InChI is InChI=1S/C22H20ClN5O2/c1-15-19(13-27(2)25-15)22(29)24-20-6-4-3-5-16(20)14-30-21-11-12-28(26-21)18-9-7-17(23)8-10-18/h3-13H,14H2,1-2H3,(H,24,29). The summed E-state index contributed by atoms with van der Waals surface area (Å²) in [5, 5.41) is 12.3. The molecule has 0 spiro atoms. The number of rotatable bonds is 6. The van der Waals surface area contributed by atoms with Crippen LogP contribution in [0, 0.1) is 6.92 Å². The first-order valence-corrected chi connectivity index (χ1v) is 9.71. The average molecular weight is 422 g/mol. The Labute approximate surface area is 178 Å². The van der Waals surface area contributed by atoms with Gasteiger partial charge in [-0.1, -0.05) is 29.8 Å². The number of para-hydroxylation sites is 1. The van der Waals surface area contributed by atoms with Crippen LogP contribution in [-0.4, -0.2) is 25.5 Å². The molecule has 0 aliphatic rings. The first kappa shape index (κ1) is 19.7. The second kappa shape index (κ2) is 8.42. The Morgan fingerprint density at radius 1 is 1.10 bits per heavy atom. The molecule has 1 N–H and O–H groups in total. The van der Waals surface area contributed by atoms with E-state index in [1.165, 1.54) is 0 Å². The molecule has 152 valence electrons. The highest BCUT2D eigenvalue weighted by Crippen LogP contribution is 2.20. The molecular weight excluding hydrogens is 402 g/mol. The summed E-state index contributed by atoms with van der Waals surface area (Å²) in [7, 11) is 1.79. The Balaban J connectivity index is 1.45. The van der Waals surface area contributed by atoms with E-state index in [1.807, 2.05) is 54.7 Å². The van der Waals surface area contributed by atoms with E-state index in [1.54, 1.807) is 35.6 Å². The molecule has 0 radical (unpaired) electrons. The Morgan fingerprint density at radius 3 is 2.60 bits per heavy atom. The van der Waals surface area contributed by atoms with E-state index in [-0.39, 0.29) is 12.5 Å². The van der Waals surface area contributed by atoms with Crippen LogP contribution >= 0.6 is 11.6 Å². The number of aromatic nitrogens is 4. The molecule has 1 amide bonds. The van der Waals surface area contributed by atoms with Gasteiger partial charge in [-0.15, -0.1) is 5.10 Å². The van der Waals surface area contributed by atoms with Crippen LogP contribution in [0.15, 0.2) is 67.0 Å². The summed E-state index contributed by atoms with van der Waals surface area (Å²) >= 11 is 5.93. The lowest BCUT2D eigenvalue weighted by molar-refractivity contribution is 0.102. The lowest BCUT2D eigenvalue weighted by Crippen LogP contribution is -2.14. The van der Waals surface area contributed by atoms with Gasteiger partial charge in [0.1, 0.15) is 6.61 Å². The molecule has 0 bridgehead atoms. The van der Waals surface area contributed by atoms with Crippen molar-refractivity contribution in [2.45, 2.75) is 13.5 Å². The molecule has 2 aromatic carbocycles. The Bertz CT molecular complexity index is 1180. The van der Waals surface area contributed by atoms with E-state index in [2.05, 4.69) is 15.5 Å². The molecule has 0 saturated heterocycles. The molecule has 0 aliphatic carbocycles. The minimum absolute atomic E-state index is 0.208. The number of amides is 1. The van der Waals surface area contributed by atoms with Gasteiger partial charge in [-0.05, 0) is 37.3 Å². The van der Waals surface area contributed by atoms with Crippen molar-refractivity contribution in [3.05, 3.63) is 88.8 Å². The molecule has 0 aliphatic heterocycles. The van der Waals surface area contributed by atoms with Gasteiger partial charge in [0, 0.05) is 41.8 Å². The maximum Gasteiger partial charge on any atom is 0.259 e. The Kier molecular flexibility index (Phi) is 5.54. The third-order valence-electron chi connectivity index (χ3n) is 4.55. The zero-order chi connectivity index (χ0) is 21.1. The highest BCUT2D eigenvalue weighted by Gasteiger charge is 2.14. The van der Waals surface area contributed by atoms with Crippen LogP contribution in [0.3, 0.4) is 0 Å². The lowest BCUT2D eigenvalue weighted by atomic mass is 10.1. The molecule has 7 nitrogen and oxygen atoms in total. The molecule has 8 heteroatoms. The lowest BCUT2D eigenvalue weighted by Gasteiger charge is -2.11. The van der Waals surface area contributed by atoms with E-state index >= 15 is 0 Å². The van der Waals surface area contributed by atoms with Gasteiger partial charge in [0.2, 0.25) is 5.88 Å². The van der Waals surface area contributed by atoms with Crippen molar-refractivity contribution in [2.24, 2.45) is 7.05 Å². The number of nitrogens with zero attached hydrogens (tertiary/aromatic N) is 4. The van der Waals surface area contributed by atoms with Gasteiger partial charge in [0.25, 0.3) is 5.91 Å². The van der Waals surface area contributed by atoms with E-state index in [9.17, 15) is 4.79 Å². The Hall–Kier alpha value is -3.58. The van der Waals surface area contributed by atoms with Crippen LogP contribution in [0.5, 0.6) is 5.88 Å². The molecule has 2 heterocycles. The van der Waals surface area contributed by atoms with Crippen LogP contribution in [0.25, 0.3) is 5.69 Å². The van der Waals surface area contributed by atoms with Crippen LogP contribution in [-0.2, 0) is 13.7 Å². The highest BCUT2D eigenvalue weighted by molar-refractivity contribution is 6.30. The molecular formula is C22H20ClN5O2. The predicted molar refractivity (Wildman–Crippen MR) is 115 cm³/mol. The van der Waals surface area contributed by atoms with Crippen LogP contribution in [0.2, 0.25) is 5.02 Å². The predicted octanol–water partition coefficient (Wildman–Crippen LogP) is 4.40.